The second-order valence-electron chi connectivity index (χ2n) is 5.53. The molecule has 10 heteroatoms. The molecule has 9 nitrogen and oxygen atoms in total. The van der Waals surface area contributed by atoms with Crippen molar-refractivity contribution in [2.45, 2.75) is 5.60 Å². The molecule has 0 aliphatic carbocycles. The van der Waals surface area contributed by atoms with Gasteiger partial charge in [-0.15, -0.1) is 11.3 Å². The number of hydrogen-bond donors (Lipinski definition) is 3. The number of ether oxygens (including phenoxy) is 1. The van der Waals surface area contributed by atoms with E-state index in [1.54, 1.807) is 10.9 Å². The Morgan fingerprint density at radius 2 is 2.42 bits per heavy atom. The number of β-amino-alcohol motifs (C(OH)–C–C–N with tert-alkyl or cyclic N) is 1. The fourth-order valence-electron chi connectivity index (χ4n) is 2.40. The molecule has 3 N–H and O–H groups in total. The zero-order valence-electron chi connectivity index (χ0n) is 12.8. The van der Waals surface area contributed by atoms with E-state index < -0.39 is 5.60 Å². The van der Waals surface area contributed by atoms with Gasteiger partial charge >= 0.3 is 0 Å². The third-order valence-corrected chi connectivity index (χ3v) is 4.21. The molecule has 128 valence electrons. The van der Waals surface area contributed by atoms with Gasteiger partial charge in [0.15, 0.2) is 0 Å². The third-order valence-electron chi connectivity index (χ3n) is 3.62. The Kier molecular flexibility index (Phi) is 4.88. The normalized spacial score (nSPS) is 21.3. The monoisotopic (exact) mass is 351 g/mol. The third kappa shape index (κ3) is 3.78. The highest BCUT2D eigenvalue weighted by atomic mass is 32.1. The molecule has 1 atom stereocenters. The Hall–Kier alpha value is -2.30. The number of aliphatic hydroxyl groups is 1. The van der Waals surface area contributed by atoms with Crippen molar-refractivity contribution in [1.82, 2.24) is 25.2 Å². The molecular weight excluding hydrogens is 334 g/mol. The quantitative estimate of drug-likeness (QED) is 0.683. The van der Waals surface area contributed by atoms with Gasteiger partial charge in [0, 0.05) is 11.9 Å². The molecule has 3 rings (SSSR count). The Balaban J connectivity index is 1.64. The predicted octanol–water partition coefficient (Wildman–Crippen LogP) is -0.500. The van der Waals surface area contributed by atoms with Crippen LogP contribution in [0.1, 0.15) is 21.0 Å². The fraction of sp³-hybridized carbons (Fsp3) is 0.429. The van der Waals surface area contributed by atoms with E-state index in [1.807, 2.05) is 0 Å². The molecule has 0 aromatic carbocycles. The summed E-state index contributed by atoms with van der Waals surface area (Å²) in [5.74, 6) is -0.650. The Bertz CT molecular complexity index is 690. The molecule has 1 aliphatic heterocycles. The van der Waals surface area contributed by atoms with Crippen molar-refractivity contribution in [3.63, 3.8) is 0 Å². The lowest BCUT2D eigenvalue weighted by atomic mass is 10.0. The Labute approximate surface area is 141 Å². The molecule has 0 radical (unpaired) electrons. The minimum Gasteiger partial charge on any atom is -0.384 e. The molecule has 2 amide bonds. The molecule has 1 fully saturated rings. The number of amides is 2. The summed E-state index contributed by atoms with van der Waals surface area (Å²) in [6.45, 7) is 0.678. The van der Waals surface area contributed by atoms with Crippen LogP contribution in [0.4, 0.5) is 0 Å². The zero-order valence-corrected chi connectivity index (χ0v) is 13.6. The van der Waals surface area contributed by atoms with E-state index in [0.717, 1.165) is 0 Å². The van der Waals surface area contributed by atoms with Crippen molar-refractivity contribution >= 4 is 23.2 Å². The van der Waals surface area contributed by atoms with Crippen molar-refractivity contribution in [2.24, 2.45) is 0 Å². The van der Waals surface area contributed by atoms with Gasteiger partial charge in [0.05, 0.1) is 44.3 Å². The lowest BCUT2D eigenvalue weighted by Gasteiger charge is -2.30. The lowest BCUT2D eigenvalue weighted by molar-refractivity contribution is -0.0324. The number of carbonyl (C=O) groups is 2. The van der Waals surface area contributed by atoms with Crippen LogP contribution in [0.3, 0.4) is 0 Å². The zero-order chi connectivity index (χ0) is 17.0. The highest BCUT2D eigenvalue weighted by Gasteiger charge is 2.35. The molecule has 3 heterocycles. The van der Waals surface area contributed by atoms with Gasteiger partial charge in [-0.1, -0.05) is 0 Å². The minimum atomic E-state index is -1.38. The summed E-state index contributed by atoms with van der Waals surface area (Å²) in [6.07, 6.45) is 2.85. The van der Waals surface area contributed by atoms with Crippen LogP contribution in [0.15, 0.2) is 23.4 Å². The summed E-state index contributed by atoms with van der Waals surface area (Å²) in [6, 6.07) is 0. The van der Waals surface area contributed by atoms with Crippen LogP contribution in [0.5, 0.6) is 0 Å². The first-order valence-corrected chi connectivity index (χ1v) is 8.26. The summed E-state index contributed by atoms with van der Waals surface area (Å²) in [4.78, 5) is 36.4. The second kappa shape index (κ2) is 7.07. The summed E-state index contributed by atoms with van der Waals surface area (Å²) in [5, 5.41) is 15.0. The van der Waals surface area contributed by atoms with Gasteiger partial charge in [0.25, 0.3) is 11.8 Å². The van der Waals surface area contributed by atoms with Crippen molar-refractivity contribution < 1.29 is 19.4 Å². The number of nitrogens with zero attached hydrogens (tertiary/aromatic N) is 3. The predicted molar refractivity (Wildman–Crippen MR) is 84.7 cm³/mol. The molecule has 2 aromatic rings. The smallest absolute Gasteiger partial charge is 0.272 e. The number of H-pyrrole nitrogens is 1. The van der Waals surface area contributed by atoms with Gasteiger partial charge in [0.1, 0.15) is 17.0 Å². The highest BCUT2D eigenvalue weighted by molar-refractivity contribution is 7.07. The number of imidazole rings is 1. The number of carbonyl (C=O) groups excluding carboxylic acids is 2. The SMILES string of the molecule is O=C(NCC1(O)COCCN(C(=O)c2cnc[nH]2)C1)c1cscn1. The maximum absolute atomic E-state index is 12.4. The van der Waals surface area contributed by atoms with Gasteiger partial charge in [-0.25, -0.2) is 9.97 Å². The Morgan fingerprint density at radius 1 is 1.54 bits per heavy atom. The molecular formula is C14H17N5O4S. The maximum atomic E-state index is 12.4. The summed E-state index contributed by atoms with van der Waals surface area (Å²) in [5.41, 5.74) is 0.815. The second-order valence-corrected chi connectivity index (χ2v) is 6.24. The minimum absolute atomic E-state index is 0.0249. The van der Waals surface area contributed by atoms with E-state index in [9.17, 15) is 14.7 Å². The average Bonchev–Trinajstić information content (AvgIpc) is 3.25. The number of nitrogens with one attached hydrogen (secondary N) is 2. The van der Waals surface area contributed by atoms with Crippen molar-refractivity contribution in [2.75, 3.05) is 32.8 Å². The molecule has 2 aromatic heterocycles. The fourth-order valence-corrected chi connectivity index (χ4v) is 2.93. The van der Waals surface area contributed by atoms with Crippen LogP contribution in [-0.2, 0) is 4.74 Å². The van der Waals surface area contributed by atoms with Crippen LogP contribution in [0.2, 0.25) is 0 Å². The number of thiazole rings is 1. The van der Waals surface area contributed by atoms with Crippen molar-refractivity contribution in [3.05, 3.63) is 34.8 Å². The number of rotatable bonds is 4. The van der Waals surface area contributed by atoms with Crippen molar-refractivity contribution in [1.29, 1.82) is 0 Å². The molecule has 0 saturated carbocycles. The number of hydrogen-bond acceptors (Lipinski definition) is 7. The van der Waals surface area contributed by atoms with Crippen LogP contribution < -0.4 is 5.32 Å². The molecule has 0 spiro atoms. The van der Waals surface area contributed by atoms with Gasteiger partial charge in [-0.3, -0.25) is 9.59 Å². The largest absolute Gasteiger partial charge is 0.384 e. The summed E-state index contributed by atoms with van der Waals surface area (Å²) < 4.78 is 5.40. The maximum Gasteiger partial charge on any atom is 0.272 e. The average molecular weight is 351 g/mol. The van der Waals surface area contributed by atoms with Gasteiger partial charge in [-0.05, 0) is 0 Å². The summed E-state index contributed by atoms with van der Waals surface area (Å²) >= 11 is 1.31. The molecule has 1 saturated heterocycles. The molecule has 1 aliphatic rings. The van der Waals surface area contributed by atoms with Crippen LogP contribution in [-0.4, -0.2) is 75.2 Å². The highest BCUT2D eigenvalue weighted by Crippen LogP contribution is 2.14. The van der Waals surface area contributed by atoms with Crippen molar-refractivity contribution in [3.8, 4) is 0 Å². The van der Waals surface area contributed by atoms with Crippen LogP contribution in [0.25, 0.3) is 0 Å². The standard InChI is InChI=1S/C14H17N5O4S/c20-12(11-4-24-9-18-11)16-5-14(22)6-19(1-2-23-7-14)13(21)10-3-15-8-17-10/h3-4,8-9,22H,1-2,5-7H2,(H,15,17)(H,16,20). The van der Waals surface area contributed by atoms with E-state index >= 15 is 0 Å². The van der Waals surface area contributed by atoms with Gasteiger partial charge in [0.2, 0.25) is 0 Å². The van der Waals surface area contributed by atoms with E-state index in [2.05, 4.69) is 20.3 Å². The first kappa shape index (κ1) is 16.6. The number of aromatic amines is 1. The molecule has 1 unspecified atom stereocenters. The summed E-state index contributed by atoms with van der Waals surface area (Å²) in [7, 11) is 0. The van der Waals surface area contributed by atoms with E-state index in [-0.39, 0.29) is 31.5 Å². The molecule has 0 bridgehead atoms. The van der Waals surface area contributed by atoms with Gasteiger partial charge < -0.3 is 25.0 Å². The number of aromatic nitrogens is 3. The first-order chi connectivity index (χ1) is 11.6. The van der Waals surface area contributed by atoms with E-state index in [1.165, 1.54) is 28.8 Å². The first-order valence-electron chi connectivity index (χ1n) is 7.32. The van der Waals surface area contributed by atoms with Gasteiger partial charge in [-0.2, -0.15) is 0 Å². The van der Waals surface area contributed by atoms with Crippen LogP contribution >= 0.6 is 11.3 Å². The Morgan fingerprint density at radius 3 is 3.12 bits per heavy atom. The topological polar surface area (TPSA) is 120 Å². The molecule has 24 heavy (non-hydrogen) atoms. The van der Waals surface area contributed by atoms with Crippen LogP contribution in [0, 0.1) is 0 Å². The van der Waals surface area contributed by atoms with E-state index in [0.29, 0.717) is 24.5 Å². The lowest BCUT2D eigenvalue weighted by Crippen LogP contribution is -2.53. The van der Waals surface area contributed by atoms with E-state index in [4.69, 9.17) is 4.74 Å².